The summed E-state index contributed by atoms with van der Waals surface area (Å²) in [6, 6.07) is 2.30. The van der Waals surface area contributed by atoms with E-state index in [0.717, 1.165) is 56.6 Å². The molecule has 204 valence electrons. The van der Waals surface area contributed by atoms with E-state index in [0.29, 0.717) is 11.6 Å². The van der Waals surface area contributed by atoms with Gasteiger partial charge in [-0.15, -0.1) is 0 Å². The smallest absolute Gasteiger partial charge is 0.288 e. The lowest BCUT2D eigenvalue weighted by molar-refractivity contribution is -0.384. The first kappa shape index (κ1) is 26.9. The van der Waals surface area contributed by atoms with Crippen LogP contribution in [-0.4, -0.2) is 32.9 Å². The normalized spacial score (nSPS) is 19.4. The van der Waals surface area contributed by atoms with E-state index in [4.69, 9.17) is 23.2 Å². The Labute approximate surface area is 231 Å². The molecule has 1 aromatic heterocycles. The maximum Gasteiger partial charge on any atom is 0.288 e. The minimum absolute atomic E-state index is 0.0161. The molecule has 0 aliphatic carbocycles. The van der Waals surface area contributed by atoms with E-state index in [-0.39, 0.29) is 34.0 Å². The van der Waals surface area contributed by atoms with Gasteiger partial charge in [-0.3, -0.25) is 20.2 Å². The zero-order valence-corrected chi connectivity index (χ0v) is 21.9. The highest BCUT2D eigenvalue weighted by Crippen LogP contribution is 2.49. The molecule has 2 aliphatic heterocycles. The Morgan fingerprint density at radius 3 is 1.69 bits per heavy atom. The van der Waals surface area contributed by atoms with Crippen molar-refractivity contribution < 1.29 is 18.6 Å². The van der Waals surface area contributed by atoms with Crippen LogP contribution in [0.5, 0.6) is 0 Å². The van der Waals surface area contributed by atoms with Gasteiger partial charge in [0.05, 0.1) is 40.0 Å². The van der Waals surface area contributed by atoms with E-state index in [1.807, 2.05) is 0 Å². The van der Waals surface area contributed by atoms with E-state index < -0.39 is 44.9 Å². The number of nitrogens with zero attached hydrogens (tertiary/aromatic N) is 6. The number of halogens is 4. The fraction of sp³-hybridized carbons (Fsp3) is 0.360. The van der Waals surface area contributed by atoms with Crippen LogP contribution in [0.4, 0.5) is 31.8 Å². The van der Waals surface area contributed by atoms with Gasteiger partial charge in [-0.05, 0) is 44.2 Å². The van der Waals surface area contributed by atoms with Crippen LogP contribution in [0.1, 0.15) is 55.3 Å². The zero-order chi connectivity index (χ0) is 27.8. The predicted molar refractivity (Wildman–Crippen MR) is 141 cm³/mol. The number of rotatable bonds is 6. The van der Waals surface area contributed by atoms with E-state index in [9.17, 15) is 20.2 Å². The highest BCUT2D eigenvalue weighted by Gasteiger charge is 2.40. The third kappa shape index (κ3) is 5.18. The Hall–Kier alpha value is -3.64. The summed E-state index contributed by atoms with van der Waals surface area (Å²) in [6.45, 7) is 1.63. The molecule has 0 spiro atoms. The number of nitro benzene ring substituents is 2. The van der Waals surface area contributed by atoms with Crippen LogP contribution >= 0.6 is 23.2 Å². The third-order valence-corrected chi connectivity index (χ3v) is 7.80. The van der Waals surface area contributed by atoms with E-state index >= 15 is 8.78 Å². The summed E-state index contributed by atoms with van der Waals surface area (Å²) in [7, 11) is 0. The minimum Gasteiger partial charge on any atom is -0.355 e. The number of benzene rings is 2. The fourth-order valence-electron chi connectivity index (χ4n) is 5.38. The highest BCUT2D eigenvalue weighted by molar-refractivity contribution is 6.33. The van der Waals surface area contributed by atoms with Crippen molar-refractivity contribution in [2.24, 2.45) is 0 Å². The largest absolute Gasteiger partial charge is 0.355 e. The average Bonchev–Trinajstić information content (AvgIpc) is 3.33. The van der Waals surface area contributed by atoms with Crippen molar-refractivity contribution in [1.29, 1.82) is 0 Å². The summed E-state index contributed by atoms with van der Waals surface area (Å²) in [4.78, 5) is 34.3. The number of nitro groups is 2. The molecular formula is C25H22Cl2F2N6O4. The molecule has 2 aliphatic rings. The minimum atomic E-state index is -0.801. The van der Waals surface area contributed by atoms with E-state index in [1.165, 1.54) is 12.4 Å². The molecule has 3 aromatic rings. The van der Waals surface area contributed by atoms with Crippen molar-refractivity contribution >= 4 is 46.2 Å². The first-order chi connectivity index (χ1) is 18.7. The van der Waals surface area contributed by atoms with Gasteiger partial charge < -0.3 is 9.80 Å². The molecule has 2 aromatic carbocycles. The molecule has 2 saturated heterocycles. The van der Waals surface area contributed by atoms with Gasteiger partial charge in [-0.25, -0.2) is 18.7 Å². The third-order valence-electron chi connectivity index (χ3n) is 7.19. The zero-order valence-electron chi connectivity index (χ0n) is 20.4. The summed E-state index contributed by atoms with van der Waals surface area (Å²) in [5.74, 6) is -1.02. The van der Waals surface area contributed by atoms with Crippen molar-refractivity contribution in [3.8, 4) is 0 Å². The number of hydrogen-bond acceptors (Lipinski definition) is 8. The molecule has 0 radical (unpaired) electrons. The molecule has 0 bridgehead atoms. The van der Waals surface area contributed by atoms with Gasteiger partial charge in [-0.2, -0.15) is 0 Å². The van der Waals surface area contributed by atoms with E-state index in [1.54, 1.807) is 4.90 Å². The lowest BCUT2D eigenvalue weighted by Crippen LogP contribution is -2.31. The first-order valence-corrected chi connectivity index (χ1v) is 13.0. The summed E-state index contributed by atoms with van der Waals surface area (Å²) < 4.78 is 30.4. The molecular weight excluding hydrogens is 557 g/mol. The van der Waals surface area contributed by atoms with Gasteiger partial charge in [0.25, 0.3) is 11.4 Å². The second-order valence-electron chi connectivity index (χ2n) is 9.47. The first-order valence-electron chi connectivity index (χ1n) is 12.3. The molecule has 3 heterocycles. The molecule has 5 rings (SSSR count). The average molecular weight is 579 g/mol. The molecule has 14 heteroatoms. The van der Waals surface area contributed by atoms with Crippen molar-refractivity contribution in [1.82, 2.24) is 9.97 Å². The van der Waals surface area contributed by atoms with Gasteiger partial charge in [0.2, 0.25) is 5.95 Å². The highest BCUT2D eigenvalue weighted by atomic mass is 35.5. The van der Waals surface area contributed by atoms with Crippen LogP contribution in [0.15, 0.2) is 36.7 Å². The maximum absolute atomic E-state index is 15.2. The second kappa shape index (κ2) is 10.9. The Bertz CT molecular complexity index is 1360. The molecule has 0 amide bonds. The van der Waals surface area contributed by atoms with Gasteiger partial charge in [0.1, 0.15) is 21.7 Å². The monoisotopic (exact) mass is 578 g/mol. The fourth-order valence-corrected chi connectivity index (χ4v) is 5.82. The molecule has 10 nitrogen and oxygen atoms in total. The number of aromatic nitrogens is 2. The van der Waals surface area contributed by atoms with Gasteiger partial charge in [-0.1, -0.05) is 23.2 Å². The molecule has 0 N–H and O–H groups in total. The Kier molecular flexibility index (Phi) is 7.50. The Morgan fingerprint density at radius 1 is 0.795 bits per heavy atom. The van der Waals surface area contributed by atoms with E-state index in [2.05, 4.69) is 14.9 Å². The van der Waals surface area contributed by atoms with Crippen molar-refractivity contribution in [3.05, 3.63) is 89.7 Å². The Balaban J connectivity index is 1.61. The Morgan fingerprint density at radius 2 is 1.26 bits per heavy atom. The van der Waals surface area contributed by atoms with Crippen molar-refractivity contribution in [2.45, 2.75) is 44.2 Å². The summed E-state index contributed by atoms with van der Waals surface area (Å²) in [6.07, 6.45) is 6.74. The molecule has 2 unspecified atom stereocenters. The van der Waals surface area contributed by atoms with Crippen LogP contribution in [0.3, 0.4) is 0 Å². The lowest BCUT2D eigenvalue weighted by Gasteiger charge is -2.33. The SMILES string of the molecule is O=[N+]([O-])c1cc(C2CCC(c3cc([N+](=O)[O-])c(Cl)cc3F)N2c2cnc(N3CCCCC3)nc2)c(F)cc1Cl. The van der Waals surface area contributed by atoms with Gasteiger partial charge >= 0.3 is 0 Å². The van der Waals surface area contributed by atoms with Crippen molar-refractivity contribution in [3.63, 3.8) is 0 Å². The van der Waals surface area contributed by atoms with Gasteiger partial charge in [0, 0.05) is 36.3 Å². The standard InChI is InChI=1S/C25H22Cl2F2N6O4/c26-17-10-19(28)15(8-23(17)34(36)37)21-4-5-22(16-9-24(35(38)39)18(27)11-20(16)29)33(21)14-12-30-25(31-13-14)32-6-2-1-3-7-32/h8-13,21-22H,1-7H2. The van der Waals surface area contributed by atoms with Crippen LogP contribution < -0.4 is 9.80 Å². The molecule has 0 saturated carbocycles. The lowest BCUT2D eigenvalue weighted by atomic mass is 10.0. The summed E-state index contributed by atoms with van der Waals surface area (Å²) >= 11 is 11.8. The van der Waals surface area contributed by atoms with Crippen LogP contribution in [0, 0.1) is 31.9 Å². The topological polar surface area (TPSA) is 119 Å². The predicted octanol–water partition coefficient (Wildman–Crippen LogP) is 6.95. The number of anilines is 2. The molecule has 39 heavy (non-hydrogen) atoms. The molecule has 2 atom stereocenters. The maximum atomic E-state index is 15.2. The molecule has 2 fully saturated rings. The quantitative estimate of drug-likeness (QED) is 0.227. The number of piperidine rings is 1. The number of hydrogen-bond donors (Lipinski definition) is 0. The second-order valence-corrected chi connectivity index (χ2v) is 10.3. The van der Waals surface area contributed by atoms with Crippen LogP contribution in [-0.2, 0) is 0 Å². The summed E-state index contributed by atoms with van der Waals surface area (Å²) in [5.41, 5.74) is -0.574. The van der Waals surface area contributed by atoms with Crippen molar-refractivity contribution in [2.75, 3.05) is 22.9 Å². The van der Waals surface area contributed by atoms with Crippen LogP contribution in [0.25, 0.3) is 0 Å². The van der Waals surface area contributed by atoms with Crippen LogP contribution in [0.2, 0.25) is 10.0 Å². The summed E-state index contributed by atoms with van der Waals surface area (Å²) in [5, 5.41) is 22.4. The van der Waals surface area contributed by atoms with Gasteiger partial charge in [0.15, 0.2) is 0 Å².